The predicted octanol–water partition coefficient (Wildman–Crippen LogP) is 1.52. The molecule has 138 valence electrons. The van der Waals surface area contributed by atoms with Crippen molar-refractivity contribution in [2.24, 2.45) is 5.73 Å². The van der Waals surface area contributed by atoms with E-state index in [1.807, 2.05) is 17.5 Å². The van der Waals surface area contributed by atoms with Gasteiger partial charge in [0.2, 0.25) is 17.6 Å². The Kier molecular flexibility index (Phi) is 5.07. The molecule has 3 aromatic rings. The number of hydrogen-bond donors (Lipinski definition) is 1. The molecule has 1 aliphatic heterocycles. The summed E-state index contributed by atoms with van der Waals surface area (Å²) in [6, 6.07) is 4.07. The second-order valence-corrected chi connectivity index (χ2v) is 7.18. The molecule has 4 heterocycles. The largest absolute Gasteiger partial charge is 0.338 e. The molecular weight excluding hydrogens is 354 g/mol. The van der Waals surface area contributed by atoms with Crippen molar-refractivity contribution >= 4 is 11.3 Å². The van der Waals surface area contributed by atoms with E-state index in [0.29, 0.717) is 30.0 Å². The Hall–Kier alpha value is -2.14. The van der Waals surface area contributed by atoms with E-state index in [1.54, 1.807) is 11.3 Å². The molecule has 2 N–H and O–H groups in total. The van der Waals surface area contributed by atoms with Crippen molar-refractivity contribution in [1.29, 1.82) is 0 Å². The fraction of sp³-hybridized carbons (Fsp3) is 0.500. The molecule has 0 aromatic carbocycles. The van der Waals surface area contributed by atoms with Gasteiger partial charge in [-0.1, -0.05) is 16.4 Å². The molecule has 9 nitrogen and oxygen atoms in total. The van der Waals surface area contributed by atoms with Gasteiger partial charge < -0.3 is 14.8 Å². The zero-order valence-corrected chi connectivity index (χ0v) is 15.4. The molecule has 1 aliphatic rings. The number of rotatable bonds is 6. The van der Waals surface area contributed by atoms with Crippen LogP contribution in [-0.2, 0) is 13.1 Å². The van der Waals surface area contributed by atoms with Crippen LogP contribution in [-0.4, -0.2) is 56.3 Å². The topological polar surface area (TPSA) is 110 Å². The lowest BCUT2D eigenvalue weighted by Gasteiger charge is -2.36. The van der Waals surface area contributed by atoms with E-state index >= 15 is 0 Å². The highest BCUT2D eigenvalue weighted by molar-refractivity contribution is 7.13. The zero-order chi connectivity index (χ0) is 17.9. The number of nitrogens with zero attached hydrogens (tertiary/aromatic N) is 6. The van der Waals surface area contributed by atoms with Gasteiger partial charge in [-0.2, -0.15) is 9.97 Å². The van der Waals surface area contributed by atoms with Crippen LogP contribution in [0.3, 0.4) is 0 Å². The van der Waals surface area contributed by atoms with E-state index in [9.17, 15) is 0 Å². The first-order valence-corrected chi connectivity index (χ1v) is 9.46. The highest BCUT2D eigenvalue weighted by Crippen LogP contribution is 2.26. The van der Waals surface area contributed by atoms with E-state index in [0.717, 1.165) is 31.1 Å². The van der Waals surface area contributed by atoms with Gasteiger partial charge >= 0.3 is 0 Å². The smallest absolute Gasteiger partial charge is 0.244 e. The zero-order valence-electron chi connectivity index (χ0n) is 14.5. The number of piperazine rings is 1. The quantitative estimate of drug-likeness (QED) is 0.685. The Labute approximate surface area is 154 Å². The molecule has 0 aliphatic carbocycles. The SMILES string of the molecule is CC(c1nc(-c2cccs2)no1)N1CCN(Cc2noc(CN)n2)CC1. The summed E-state index contributed by atoms with van der Waals surface area (Å²) in [7, 11) is 0. The molecule has 0 spiro atoms. The number of thiophene rings is 1. The van der Waals surface area contributed by atoms with E-state index < -0.39 is 0 Å². The highest BCUT2D eigenvalue weighted by atomic mass is 32.1. The Morgan fingerprint density at radius 3 is 2.73 bits per heavy atom. The van der Waals surface area contributed by atoms with Gasteiger partial charge in [0.15, 0.2) is 5.82 Å². The molecule has 1 saturated heterocycles. The first kappa shape index (κ1) is 17.3. The summed E-state index contributed by atoms with van der Waals surface area (Å²) in [6.07, 6.45) is 0. The van der Waals surface area contributed by atoms with Gasteiger partial charge in [0.05, 0.1) is 24.0 Å². The molecule has 3 aromatic heterocycles. The number of hydrogen-bond acceptors (Lipinski definition) is 10. The van der Waals surface area contributed by atoms with Crippen LogP contribution < -0.4 is 5.73 Å². The molecule has 4 rings (SSSR count). The summed E-state index contributed by atoms with van der Waals surface area (Å²) in [5.41, 5.74) is 5.50. The molecule has 26 heavy (non-hydrogen) atoms. The lowest BCUT2D eigenvalue weighted by Crippen LogP contribution is -2.46. The maximum atomic E-state index is 5.50. The number of aromatic nitrogens is 4. The van der Waals surface area contributed by atoms with Gasteiger partial charge in [0, 0.05) is 26.2 Å². The summed E-state index contributed by atoms with van der Waals surface area (Å²) in [6.45, 7) is 6.73. The van der Waals surface area contributed by atoms with Gasteiger partial charge in [-0.25, -0.2) is 0 Å². The van der Waals surface area contributed by atoms with Crippen molar-refractivity contribution < 1.29 is 9.05 Å². The van der Waals surface area contributed by atoms with Gasteiger partial charge in [-0.05, 0) is 18.4 Å². The molecular formula is C16H21N7O2S. The van der Waals surface area contributed by atoms with Gasteiger partial charge in [0.1, 0.15) is 0 Å². The summed E-state index contributed by atoms with van der Waals surface area (Å²) >= 11 is 1.61. The fourth-order valence-electron chi connectivity index (χ4n) is 3.01. The lowest BCUT2D eigenvalue weighted by atomic mass is 10.2. The van der Waals surface area contributed by atoms with Crippen LogP contribution in [0.4, 0.5) is 0 Å². The Bertz CT molecular complexity index is 823. The molecule has 1 unspecified atom stereocenters. The first-order valence-electron chi connectivity index (χ1n) is 8.58. The van der Waals surface area contributed by atoms with Crippen LogP contribution in [0, 0.1) is 0 Å². The lowest BCUT2D eigenvalue weighted by molar-refractivity contribution is 0.0827. The minimum atomic E-state index is 0.0902. The second kappa shape index (κ2) is 7.62. The van der Waals surface area contributed by atoms with Gasteiger partial charge in [0.25, 0.3) is 0 Å². The monoisotopic (exact) mass is 375 g/mol. The molecule has 1 atom stereocenters. The van der Waals surface area contributed by atoms with E-state index in [2.05, 4.69) is 37.0 Å². The maximum absolute atomic E-state index is 5.50. The van der Waals surface area contributed by atoms with Crippen molar-refractivity contribution in [3.63, 3.8) is 0 Å². The summed E-state index contributed by atoms with van der Waals surface area (Å²) in [4.78, 5) is 14.5. The normalized spacial score (nSPS) is 17.6. The van der Waals surface area contributed by atoms with Crippen molar-refractivity contribution in [3.8, 4) is 10.7 Å². The van der Waals surface area contributed by atoms with Crippen molar-refractivity contribution in [3.05, 3.63) is 35.1 Å². The highest BCUT2D eigenvalue weighted by Gasteiger charge is 2.26. The van der Waals surface area contributed by atoms with Crippen molar-refractivity contribution in [2.75, 3.05) is 26.2 Å². The van der Waals surface area contributed by atoms with Crippen LogP contribution in [0.5, 0.6) is 0 Å². The third-order valence-electron chi connectivity index (χ3n) is 4.55. The van der Waals surface area contributed by atoms with Crippen LogP contribution in [0.15, 0.2) is 26.6 Å². The third kappa shape index (κ3) is 3.68. The number of nitrogens with two attached hydrogens (primary N) is 1. The van der Waals surface area contributed by atoms with Crippen LogP contribution in [0.25, 0.3) is 10.7 Å². The standard InChI is InChI=1S/C16H21N7O2S/c1-11(16-19-15(21-25-16)12-3-2-8-26-12)23-6-4-22(5-7-23)10-13-18-14(9-17)24-20-13/h2-3,8,11H,4-7,9-10,17H2,1H3. The molecule has 0 amide bonds. The minimum Gasteiger partial charge on any atom is -0.338 e. The molecule has 1 fully saturated rings. The van der Waals surface area contributed by atoms with Crippen molar-refractivity contribution in [2.45, 2.75) is 26.1 Å². The molecule has 0 bridgehead atoms. The van der Waals surface area contributed by atoms with Crippen molar-refractivity contribution in [1.82, 2.24) is 30.1 Å². The van der Waals surface area contributed by atoms with Gasteiger partial charge in [-0.3, -0.25) is 9.80 Å². The Morgan fingerprint density at radius 1 is 1.19 bits per heavy atom. The van der Waals surface area contributed by atoms with Crippen LogP contribution in [0.1, 0.15) is 30.6 Å². The Morgan fingerprint density at radius 2 is 2.04 bits per heavy atom. The average molecular weight is 375 g/mol. The summed E-state index contributed by atoms with van der Waals surface area (Å²) in [5, 5.41) is 10.1. The van der Waals surface area contributed by atoms with Gasteiger partial charge in [-0.15, -0.1) is 11.3 Å². The Balaban J connectivity index is 1.32. The predicted molar refractivity (Wildman–Crippen MR) is 95.1 cm³/mol. The average Bonchev–Trinajstić information content (AvgIpc) is 3.42. The fourth-order valence-corrected chi connectivity index (χ4v) is 3.66. The molecule has 0 saturated carbocycles. The minimum absolute atomic E-state index is 0.0902. The van der Waals surface area contributed by atoms with Crippen LogP contribution >= 0.6 is 11.3 Å². The molecule has 0 radical (unpaired) electrons. The van der Waals surface area contributed by atoms with E-state index in [4.69, 9.17) is 14.8 Å². The summed E-state index contributed by atoms with van der Waals surface area (Å²) in [5.74, 6) is 2.48. The molecule has 10 heteroatoms. The maximum Gasteiger partial charge on any atom is 0.244 e. The van der Waals surface area contributed by atoms with E-state index in [1.165, 1.54) is 0 Å². The van der Waals surface area contributed by atoms with Crippen LogP contribution in [0.2, 0.25) is 0 Å². The third-order valence-corrected chi connectivity index (χ3v) is 5.41. The summed E-state index contributed by atoms with van der Waals surface area (Å²) < 4.78 is 10.5. The second-order valence-electron chi connectivity index (χ2n) is 6.23. The van der Waals surface area contributed by atoms with E-state index in [-0.39, 0.29) is 12.6 Å². The first-order chi connectivity index (χ1) is 12.7.